The maximum atomic E-state index is 11.9. The number of furan rings is 1. The lowest BCUT2D eigenvalue weighted by atomic mass is 9.99. The zero-order valence-electron chi connectivity index (χ0n) is 16.4. The minimum absolute atomic E-state index is 0.119. The molecule has 1 N–H and O–H groups in total. The van der Waals surface area contributed by atoms with Crippen molar-refractivity contribution in [3.8, 4) is 17.1 Å². The minimum Gasteiger partial charge on any atom is -0.484 e. The molecule has 150 valence electrons. The van der Waals surface area contributed by atoms with Gasteiger partial charge < -0.3 is 9.15 Å². The number of carbonyl (C=O) groups is 1. The Morgan fingerprint density at radius 1 is 1.21 bits per heavy atom. The number of nitrogens with zero attached hydrogens (tertiary/aromatic N) is 1. The van der Waals surface area contributed by atoms with E-state index in [-0.39, 0.29) is 12.5 Å². The molecule has 0 radical (unpaired) electrons. The van der Waals surface area contributed by atoms with E-state index in [1.807, 2.05) is 48.5 Å². The summed E-state index contributed by atoms with van der Waals surface area (Å²) in [6.07, 6.45) is 2.52. The highest BCUT2D eigenvalue weighted by molar-refractivity contribution is 6.30. The molecule has 1 atom stereocenters. The summed E-state index contributed by atoms with van der Waals surface area (Å²) in [5.41, 5.74) is 4.55. The molecule has 0 saturated heterocycles. The van der Waals surface area contributed by atoms with E-state index in [0.29, 0.717) is 28.2 Å². The Hall–Kier alpha value is -3.05. The van der Waals surface area contributed by atoms with Crippen LogP contribution in [-0.2, 0) is 4.79 Å². The van der Waals surface area contributed by atoms with Gasteiger partial charge in [-0.25, -0.2) is 5.43 Å². The maximum absolute atomic E-state index is 11.9. The van der Waals surface area contributed by atoms with Gasteiger partial charge in [-0.3, -0.25) is 4.79 Å². The third kappa shape index (κ3) is 5.96. The van der Waals surface area contributed by atoms with Crippen LogP contribution < -0.4 is 10.2 Å². The predicted molar refractivity (Wildman–Crippen MR) is 116 cm³/mol. The standard InChI is InChI=1S/C23H23ClN2O3/c1-3-16(2)17-7-9-20(10-8-17)28-15-23(27)26-25-14-21-11-12-22(29-21)18-5-4-6-19(24)13-18/h4-14,16H,3,15H2,1-2H3,(H,26,27)/b25-14+/t16-/m0/s1. The Morgan fingerprint density at radius 2 is 2.00 bits per heavy atom. The van der Waals surface area contributed by atoms with Gasteiger partial charge in [0.1, 0.15) is 17.3 Å². The first-order valence-corrected chi connectivity index (χ1v) is 9.83. The summed E-state index contributed by atoms with van der Waals surface area (Å²) >= 11 is 5.99. The molecule has 1 heterocycles. The summed E-state index contributed by atoms with van der Waals surface area (Å²) in [6, 6.07) is 18.7. The van der Waals surface area contributed by atoms with Gasteiger partial charge in [-0.15, -0.1) is 0 Å². The van der Waals surface area contributed by atoms with Crippen LogP contribution in [0.1, 0.15) is 37.5 Å². The average molecular weight is 411 g/mol. The highest BCUT2D eigenvalue weighted by atomic mass is 35.5. The van der Waals surface area contributed by atoms with Crippen molar-refractivity contribution in [2.24, 2.45) is 5.10 Å². The van der Waals surface area contributed by atoms with Crippen molar-refractivity contribution in [2.45, 2.75) is 26.2 Å². The third-order valence-electron chi connectivity index (χ3n) is 4.55. The molecule has 0 unspecified atom stereocenters. The Morgan fingerprint density at radius 3 is 2.72 bits per heavy atom. The van der Waals surface area contributed by atoms with Crippen LogP contribution in [0.4, 0.5) is 0 Å². The summed E-state index contributed by atoms with van der Waals surface area (Å²) in [7, 11) is 0. The van der Waals surface area contributed by atoms with Gasteiger partial charge >= 0.3 is 0 Å². The number of hydrazone groups is 1. The number of ether oxygens (including phenoxy) is 1. The van der Waals surface area contributed by atoms with Crippen LogP contribution in [0.15, 0.2) is 70.2 Å². The number of hydrogen-bond acceptors (Lipinski definition) is 4. The fraction of sp³-hybridized carbons (Fsp3) is 0.217. The van der Waals surface area contributed by atoms with Crippen molar-refractivity contribution in [3.05, 3.63) is 77.0 Å². The van der Waals surface area contributed by atoms with Gasteiger partial charge in [-0.1, -0.05) is 49.7 Å². The highest BCUT2D eigenvalue weighted by Crippen LogP contribution is 2.24. The summed E-state index contributed by atoms with van der Waals surface area (Å²) in [4.78, 5) is 11.9. The van der Waals surface area contributed by atoms with Crippen LogP contribution in [0.5, 0.6) is 5.75 Å². The lowest BCUT2D eigenvalue weighted by Gasteiger charge is -2.10. The van der Waals surface area contributed by atoms with Gasteiger partial charge in [0, 0.05) is 10.6 Å². The number of amides is 1. The molecule has 0 fully saturated rings. The molecule has 1 aromatic heterocycles. The van der Waals surface area contributed by atoms with Gasteiger partial charge in [0.25, 0.3) is 5.91 Å². The van der Waals surface area contributed by atoms with E-state index < -0.39 is 0 Å². The third-order valence-corrected chi connectivity index (χ3v) is 4.78. The van der Waals surface area contributed by atoms with E-state index >= 15 is 0 Å². The molecule has 3 aromatic rings. The van der Waals surface area contributed by atoms with Crippen LogP contribution >= 0.6 is 11.6 Å². The number of hydrogen-bond donors (Lipinski definition) is 1. The highest BCUT2D eigenvalue weighted by Gasteiger charge is 2.06. The lowest BCUT2D eigenvalue weighted by Crippen LogP contribution is -2.24. The zero-order valence-corrected chi connectivity index (χ0v) is 17.1. The van der Waals surface area contributed by atoms with E-state index in [2.05, 4.69) is 24.4 Å². The lowest BCUT2D eigenvalue weighted by molar-refractivity contribution is -0.123. The van der Waals surface area contributed by atoms with Gasteiger partial charge in [0.15, 0.2) is 6.61 Å². The molecule has 0 bridgehead atoms. The normalized spacial score (nSPS) is 12.1. The summed E-state index contributed by atoms with van der Waals surface area (Å²) in [5.74, 6) is 1.98. The monoisotopic (exact) mass is 410 g/mol. The maximum Gasteiger partial charge on any atom is 0.277 e. The molecule has 0 aliphatic rings. The largest absolute Gasteiger partial charge is 0.484 e. The van der Waals surface area contributed by atoms with E-state index in [0.717, 1.165) is 12.0 Å². The molecule has 1 amide bonds. The smallest absolute Gasteiger partial charge is 0.277 e. The van der Waals surface area contributed by atoms with Gasteiger partial charge in [0.2, 0.25) is 0 Å². The molecule has 3 rings (SSSR count). The molecule has 6 heteroatoms. The molecule has 0 saturated carbocycles. The van der Waals surface area contributed by atoms with Crippen molar-refractivity contribution >= 4 is 23.7 Å². The zero-order chi connectivity index (χ0) is 20.6. The molecule has 29 heavy (non-hydrogen) atoms. The topological polar surface area (TPSA) is 63.8 Å². The molecular weight excluding hydrogens is 388 g/mol. The molecule has 2 aromatic carbocycles. The van der Waals surface area contributed by atoms with E-state index in [4.69, 9.17) is 20.8 Å². The quantitative estimate of drug-likeness (QED) is 0.386. The number of rotatable bonds is 8. The van der Waals surface area contributed by atoms with E-state index in [9.17, 15) is 4.79 Å². The van der Waals surface area contributed by atoms with Crippen LogP contribution in [-0.4, -0.2) is 18.7 Å². The van der Waals surface area contributed by atoms with Crippen LogP contribution in [0, 0.1) is 0 Å². The minimum atomic E-state index is -0.353. The molecular formula is C23H23ClN2O3. The number of nitrogens with one attached hydrogen (secondary N) is 1. The van der Waals surface area contributed by atoms with Crippen molar-refractivity contribution in [1.29, 1.82) is 0 Å². The second-order valence-electron chi connectivity index (χ2n) is 6.67. The predicted octanol–water partition coefficient (Wildman–Crippen LogP) is 5.64. The van der Waals surface area contributed by atoms with Crippen molar-refractivity contribution < 1.29 is 13.9 Å². The van der Waals surface area contributed by atoms with Gasteiger partial charge in [-0.05, 0) is 54.3 Å². The SMILES string of the molecule is CC[C@H](C)c1ccc(OCC(=O)N/N=C/c2ccc(-c3cccc(Cl)c3)o2)cc1. The Labute approximate surface area is 175 Å². The number of halogens is 1. The molecule has 0 spiro atoms. The molecule has 0 aliphatic heterocycles. The summed E-state index contributed by atoms with van der Waals surface area (Å²) in [6.45, 7) is 4.21. The average Bonchev–Trinajstić information content (AvgIpc) is 3.21. The van der Waals surface area contributed by atoms with Crippen molar-refractivity contribution in [2.75, 3.05) is 6.61 Å². The first kappa shape index (κ1) is 20.7. The van der Waals surface area contributed by atoms with E-state index in [1.54, 1.807) is 12.1 Å². The number of benzene rings is 2. The Balaban J connectivity index is 1.47. The van der Waals surface area contributed by atoms with E-state index in [1.165, 1.54) is 11.8 Å². The van der Waals surface area contributed by atoms with Crippen LogP contribution in [0.25, 0.3) is 11.3 Å². The van der Waals surface area contributed by atoms with Crippen molar-refractivity contribution in [3.63, 3.8) is 0 Å². The first-order chi connectivity index (χ1) is 14.0. The summed E-state index contributed by atoms with van der Waals surface area (Å²) in [5, 5.41) is 4.54. The fourth-order valence-electron chi connectivity index (χ4n) is 2.70. The van der Waals surface area contributed by atoms with Crippen LogP contribution in [0.3, 0.4) is 0 Å². The van der Waals surface area contributed by atoms with Gasteiger partial charge in [-0.2, -0.15) is 5.10 Å². The molecule has 5 nitrogen and oxygen atoms in total. The second-order valence-corrected chi connectivity index (χ2v) is 7.11. The molecule has 0 aliphatic carbocycles. The summed E-state index contributed by atoms with van der Waals surface area (Å²) < 4.78 is 11.2. The first-order valence-electron chi connectivity index (χ1n) is 9.45. The Bertz CT molecular complexity index is 980. The van der Waals surface area contributed by atoms with Gasteiger partial charge in [0.05, 0.1) is 6.21 Å². The van der Waals surface area contributed by atoms with Crippen molar-refractivity contribution in [1.82, 2.24) is 5.43 Å². The van der Waals surface area contributed by atoms with Crippen LogP contribution in [0.2, 0.25) is 5.02 Å². The fourth-order valence-corrected chi connectivity index (χ4v) is 2.89. The Kier molecular flexibility index (Phi) is 7.09. The second kappa shape index (κ2) is 9.94. The number of carbonyl (C=O) groups excluding carboxylic acids is 1.